The number of anilines is 1. The van der Waals surface area contributed by atoms with Crippen LogP contribution >= 0.6 is 11.6 Å². The lowest BCUT2D eigenvalue weighted by atomic mass is 9.77. The second-order valence-electron chi connectivity index (χ2n) is 5.80. The van der Waals surface area contributed by atoms with Crippen LogP contribution in [0.2, 0.25) is 5.02 Å². The van der Waals surface area contributed by atoms with Gasteiger partial charge in [-0.3, -0.25) is 14.9 Å². The molecular formula is C14H15ClF3N3O3. The first kappa shape index (κ1) is 18.3. The highest BCUT2D eigenvalue weighted by Crippen LogP contribution is 2.48. The van der Waals surface area contributed by atoms with E-state index in [1.54, 1.807) is 0 Å². The molecule has 0 bridgehead atoms. The molecule has 2 rings (SSSR count). The molecule has 4 N–H and O–H groups in total. The molecule has 0 heterocycles. The zero-order chi connectivity index (χ0) is 18.2. The van der Waals surface area contributed by atoms with E-state index in [1.165, 1.54) is 0 Å². The molecular weight excluding hydrogens is 351 g/mol. The number of carbonyl (C=O) groups excluding carboxylic acids is 1. The molecule has 1 fully saturated rings. The van der Waals surface area contributed by atoms with Gasteiger partial charge in [-0.1, -0.05) is 11.6 Å². The number of nitro groups is 1. The van der Waals surface area contributed by atoms with E-state index in [4.69, 9.17) is 23.1 Å². The molecule has 0 saturated heterocycles. The Kier molecular flexibility index (Phi) is 4.93. The van der Waals surface area contributed by atoms with E-state index in [2.05, 4.69) is 0 Å². The Labute approximate surface area is 140 Å². The molecule has 1 amide bonds. The van der Waals surface area contributed by atoms with Gasteiger partial charge in [0.05, 0.1) is 21.4 Å². The maximum atomic E-state index is 12.8. The molecule has 0 aromatic heterocycles. The van der Waals surface area contributed by atoms with Crippen LogP contribution < -0.4 is 11.5 Å². The second-order valence-corrected chi connectivity index (χ2v) is 6.17. The van der Waals surface area contributed by atoms with Gasteiger partial charge in [-0.25, -0.2) is 0 Å². The first-order valence-electron chi connectivity index (χ1n) is 7.16. The summed E-state index contributed by atoms with van der Waals surface area (Å²) in [7, 11) is 0. The van der Waals surface area contributed by atoms with Crippen LogP contribution in [0.3, 0.4) is 0 Å². The number of alkyl halides is 3. The van der Waals surface area contributed by atoms with E-state index in [1.807, 2.05) is 0 Å². The number of hydrogen-bond acceptors (Lipinski definition) is 4. The zero-order valence-electron chi connectivity index (χ0n) is 12.4. The van der Waals surface area contributed by atoms with Crippen molar-refractivity contribution in [2.75, 3.05) is 5.73 Å². The fraction of sp³-hybridized carbons (Fsp3) is 0.500. The highest BCUT2D eigenvalue weighted by atomic mass is 35.5. The highest BCUT2D eigenvalue weighted by Gasteiger charge is 2.42. The van der Waals surface area contributed by atoms with Gasteiger partial charge in [0, 0.05) is 11.6 Å². The monoisotopic (exact) mass is 365 g/mol. The van der Waals surface area contributed by atoms with E-state index in [9.17, 15) is 28.1 Å². The number of rotatable bonds is 3. The van der Waals surface area contributed by atoms with Crippen LogP contribution in [0.4, 0.5) is 24.5 Å². The lowest BCUT2D eigenvalue weighted by Gasteiger charge is -2.31. The highest BCUT2D eigenvalue weighted by molar-refractivity contribution is 6.35. The van der Waals surface area contributed by atoms with Gasteiger partial charge >= 0.3 is 6.18 Å². The van der Waals surface area contributed by atoms with E-state index in [-0.39, 0.29) is 47.5 Å². The van der Waals surface area contributed by atoms with Gasteiger partial charge in [0.25, 0.3) is 5.69 Å². The fourth-order valence-electron chi connectivity index (χ4n) is 3.12. The normalized spacial score (nSPS) is 21.5. The van der Waals surface area contributed by atoms with Gasteiger partial charge in [-0.15, -0.1) is 0 Å². The van der Waals surface area contributed by atoms with Gasteiger partial charge in [-0.05, 0) is 31.6 Å². The molecule has 24 heavy (non-hydrogen) atoms. The van der Waals surface area contributed by atoms with Crippen LogP contribution in [-0.2, 0) is 0 Å². The van der Waals surface area contributed by atoms with Crippen LogP contribution in [0.15, 0.2) is 6.07 Å². The molecule has 0 unspecified atom stereocenters. The summed E-state index contributed by atoms with van der Waals surface area (Å²) in [6.07, 6.45) is -4.29. The molecule has 10 heteroatoms. The standard InChI is InChI=1S/C14H15ClF3N3O3/c15-11-8(13(20)22)5-9(21(23)24)12(19)10(11)6-1-3-7(4-2-6)14(16,17)18/h5-7H,1-4,19H2,(H2,20,22). The smallest absolute Gasteiger partial charge is 0.391 e. The van der Waals surface area contributed by atoms with E-state index in [0.29, 0.717) is 0 Å². The molecule has 6 nitrogen and oxygen atoms in total. The third-order valence-electron chi connectivity index (χ3n) is 4.38. The van der Waals surface area contributed by atoms with Crippen molar-refractivity contribution in [2.45, 2.75) is 37.8 Å². The topological polar surface area (TPSA) is 112 Å². The molecule has 0 atom stereocenters. The number of nitrogens with zero attached hydrogens (tertiary/aromatic N) is 1. The predicted molar refractivity (Wildman–Crippen MR) is 81.8 cm³/mol. The Balaban J connectivity index is 2.43. The number of amides is 1. The number of halogens is 4. The van der Waals surface area contributed by atoms with Crippen molar-refractivity contribution in [1.29, 1.82) is 0 Å². The van der Waals surface area contributed by atoms with Crippen molar-refractivity contribution < 1.29 is 22.9 Å². The molecule has 1 aromatic carbocycles. The SMILES string of the molecule is NC(=O)c1cc([N+](=O)[O-])c(N)c(C2CCC(C(F)(F)F)CC2)c1Cl. The minimum atomic E-state index is -4.28. The zero-order valence-corrected chi connectivity index (χ0v) is 13.2. The second kappa shape index (κ2) is 6.46. The summed E-state index contributed by atoms with van der Waals surface area (Å²) in [5.74, 6) is -2.87. The van der Waals surface area contributed by atoms with Crippen molar-refractivity contribution in [2.24, 2.45) is 11.7 Å². The summed E-state index contributed by atoms with van der Waals surface area (Å²) < 4.78 is 38.3. The van der Waals surface area contributed by atoms with Crippen LogP contribution in [0, 0.1) is 16.0 Å². The van der Waals surface area contributed by atoms with Crippen LogP contribution in [0.5, 0.6) is 0 Å². The number of nitrogens with two attached hydrogens (primary N) is 2. The molecule has 1 aromatic rings. The summed E-state index contributed by atoms with van der Waals surface area (Å²) in [6.45, 7) is 0. The number of nitro benzene ring substituents is 1. The molecule has 0 aliphatic heterocycles. The Bertz CT molecular complexity index is 648. The Morgan fingerprint density at radius 1 is 1.29 bits per heavy atom. The van der Waals surface area contributed by atoms with Crippen LogP contribution in [0.25, 0.3) is 0 Å². The van der Waals surface area contributed by atoms with Crippen molar-refractivity contribution in [3.05, 3.63) is 32.3 Å². The van der Waals surface area contributed by atoms with Crippen molar-refractivity contribution in [3.63, 3.8) is 0 Å². The third kappa shape index (κ3) is 3.40. The average Bonchev–Trinajstić information content (AvgIpc) is 2.46. The maximum Gasteiger partial charge on any atom is 0.391 e. The minimum absolute atomic E-state index is 0.119. The number of carbonyl (C=O) groups is 1. The molecule has 0 radical (unpaired) electrons. The first-order chi connectivity index (χ1) is 11.0. The summed E-state index contributed by atoms with van der Waals surface area (Å²) in [5, 5.41) is 11.0. The van der Waals surface area contributed by atoms with Gasteiger partial charge in [0.2, 0.25) is 5.91 Å². The molecule has 1 aliphatic carbocycles. The molecule has 132 valence electrons. The Morgan fingerprint density at radius 3 is 2.25 bits per heavy atom. The predicted octanol–water partition coefficient (Wildman–Crippen LogP) is 3.77. The van der Waals surface area contributed by atoms with E-state index < -0.39 is 34.5 Å². The minimum Gasteiger partial charge on any atom is -0.393 e. The quantitative estimate of drug-likeness (QED) is 0.482. The van der Waals surface area contributed by atoms with Gasteiger partial charge in [0.1, 0.15) is 5.69 Å². The van der Waals surface area contributed by atoms with Gasteiger partial charge in [-0.2, -0.15) is 13.2 Å². The summed E-state index contributed by atoms with van der Waals surface area (Å²) in [5.41, 5.74) is 10.1. The van der Waals surface area contributed by atoms with E-state index >= 15 is 0 Å². The lowest BCUT2D eigenvalue weighted by molar-refractivity contribution is -0.384. The molecule has 1 aliphatic rings. The van der Waals surface area contributed by atoms with Gasteiger partial charge in [0.15, 0.2) is 0 Å². The number of hydrogen-bond donors (Lipinski definition) is 2. The first-order valence-corrected chi connectivity index (χ1v) is 7.54. The average molecular weight is 366 g/mol. The molecule has 0 spiro atoms. The van der Waals surface area contributed by atoms with Crippen molar-refractivity contribution in [3.8, 4) is 0 Å². The summed E-state index contributed by atoms with van der Waals surface area (Å²) in [4.78, 5) is 21.8. The van der Waals surface area contributed by atoms with Crippen molar-refractivity contribution >= 4 is 28.9 Å². The van der Waals surface area contributed by atoms with Crippen molar-refractivity contribution in [1.82, 2.24) is 0 Å². The molecule has 1 saturated carbocycles. The fourth-order valence-corrected chi connectivity index (χ4v) is 3.52. The largest absolute Gasteiger partial charge is 0.393 e. The number of nitrogen functional groups attached to an aromatic ring is 1. The lowest BCUT2D eigenvalue weighted by Crippen LogP contribution is -2.27. The number of benzene rings is 1. The van der Waals surface area contributed by atoms with Crippen LogP contribution in [-0.4, -0.2) is 17.0 Å². The van der Waals surface area contributed by atoms with Gasteiger partial charge < -0.3 is 11.5 Å². The maximum absolute atomic E-state index is 12.8. The summed E-state index contributed by atoms with van der Waals surface area (Å²) >= 11 is 6.12. The van der Waals surface area contributed by atoms with E-state index in [0.717, 1.165) is 6.07 Å². The van der Waals surface area contributed by atoms with Crippen LogP contribution in [0.1, 0.15) is 47.5 Å². The Hall–Kier alpha value is -2.03. The number of primary amides is 1. The summed E-state index contributed by atoms with van der Waals surface area (Å²) in [6, 6.07) is 0.894. The Morgan fingerprint density at radius 2 is 1.83 bits per heavy atom. The third-order valence-corrected chi connectivity index (χ3v) is 4.79.